The van der Waals surface area contributed by atoms with Gasteiger partial charge in [0.1, 0.15) is 11.5 Å². The quantitative estimate of drug-likeness (QED) is 0.605. The molecule has 0 unspecified atom stereocenters. The second-order valence-electron chi connectivity index (χ2n) is 2.25. The number of hydrogen-bond acceptors (Lipinski definition) is 3. The predicted molar refractivity (Wildman–Crippen MR) is 53.1 cm³/mol. The molecule has 0 aliphatic carbocycles. The monoisotopic (exact) mass is 240 g/mol. The Hall–Kier alpha value is -0.800. The minimum Gasteiger partial charge on any atom is -0.488 e. The van der Waals surface area contributed by atoms with Crippen LogP contribution in [-0.4, -0.2) is 30.8 Å². The van der Waals surface area contributed by atoms with E-state index in [-0.39, 0.29) is 11.5 Å². The van der Waals surface area contributed by atoms with E-state index in [1.807, 2.05) is 0 Å². The van der Waals surface area contributed by atoms with Gasteiger partial charge in [0.2, 0.25) is 5.76 Å². The zero-order chi connectivity index (χ0) is 11.9. The van der Waals surface area contributed by atoms with Gasteiger partial charge < -0.3 is 9.84 Å². The third-order valence-corrected chi connectivity index (χ3v) is 1.93. The molecule has 0 fully saturated rings. The van der Waals surface area contributed by atoms with Gasteiger partial charge in [0, 0.05) is 0 Å². The standard InChI is InChI=1S/C9H11F3O2S/c1-3-14-8(9(10,11)12)7(15-2)5-4-6-13/h13H,3,6H2,1-2H3/b8-7+. The van der Waals surface area contributed by atoms with Crippen LogP contribution in [-0.2, 0) is 4.74 Å². The molecule has 0 atom stereocenters. The molecule has 1 N–H and O–H groups in total. The first kappa shape index (κ1) is 14.2. The number of thioether (sulfide) groups is 1. The third-order valence-electron chi connectivity index (χ3n) is 1.24. The molecule has 0 rings (SSSR count). The fraction of sp³-hybridized carbons (Fsp3) is 0.556. The summed E-state index contributed by atoms with van der Waals surface area (Å²) in [7, 11) is 0. The van der Waals surface area contributed by atoms with E-state index in [1.165, 1.54) is 13.2 Å². The van der Waals surface area contributed by atoms with Crippen molar-refractivity contribution < 1.29 is 23.0 Å². The van der Waals surface area contributed by atoms with Crippen LogP contribution in [0.1, 0.15) is 6.92 Å². The van der Waals surface area contributed by atoms with Gasteiger partial charge in [0.05, 0.1) is 6.61 Å². The van der Waals surface area contributed by atoms with Crippen molar-refractivity contribution in [2.24, 2.45) is 0 Å². The lowest BCUT2D eigenvalue weighted by atomic mass is 10.4. The summed E-state index contributed by atoms with van der Waals surface area (Å²) in [4.78, 5) is -0.224. The van der Waals surface area contributed by atoms with E-state index < -0.39 is 18.5 Å². The van der Waals surface area contributed by atoms with E-state index in [1.54, 1.807) is 0 Å². The summed E-state index contributed by atoms with van der Waals surface area (Å²) in [5.74, 6) is 3.27. The van der Waals surface area contributed by atoms with Gasteiger partial charge in [-0.2, -0.15) is 13.2 Å². The average Bonchev–Trinajstić information content (AvgIpc) is 2.15. The predicted octanol–water partition coefficient (Wildman–Crippen LogP) is 2.16. The number of halogens is 3. The summed E-state index contributed by atoms with van der Waals surface area (Å²) in [6, 6.07) is 0. The fourth-order valence-electron chi connectivity index (χ4n) is 0.741. The normalized spacial score (nSPS) is 12.7. The van der Waals surface area contributed by atoms with Gasteiger partial charge in [-0.1, -0.05) is 11.8 Å². The largest absolute Gasteiger partial charge is 0.488 e. The van der Waals surface area contributed by atoms with Crippen molar-refractivity contribution in [3.63, 3.8) is 0 Å². The molecule has 0 saturated carbocycles. The number of aliphatic hydroxyl groups is 1. The van der Waals surface area contributed by atoms with Crippen LogP contribution in [0.3, 0.4) is 0 Å². The molecule has 2 nitrogen and oxygen atoms in total. The van der Waals surface area contributed by atoms with Crippen LogP contribution in [0.2, 0.25) is 0 Å². The van der Waals surface area contributed by atoms with Crippen molar-refractivity contribution in [1.82, 2.24) is 0 Å². The molecule has 86 valence electrons. The highest BCUT2D eigenvalue weighted by Gasteiger charge is 2.38. The SMILES string of the molecule is CCO/C(=C(\C#CCO)SC)C(F)(F)F. The number of aliphatic hydroxyl groups excluding tert-OH is 1. The Kier molecular flexibility index (Phi) is 6.29. The van der Waals surface area contributed by atoms with Gasteiger partial charge in [0.25, 0.3) is 0 Å². The molecule has 0 amide bonds. The van der Waals surface area contributed by atoms with Gasteiger partial charge in [-0.05, 0) is 13.2 Å². The average molecular weight is 240 g/mol. The first-order valence-electron chi connectivity index (χ1n) is 4.05. The van der Waals surface area contributed by atoms with Crippen molar-refractivity contribution in [1.29, 1.82) is 0 Å². The van der Waals surface area contributed by atoms with E-state index in [0.29, 0.717) is 0 Å². The molecule has 0 heterocycles. The van der Waals surface area contributed by atoms with E-state index >= 15 is 0 Å². The van der Waals surface area contributed by atoms with E-state index in [0.717, 1.165) is 11.8 Å². The Morgan fingerprint density at radius 3 is 2.40 bits per heavy atom. The zero-order valence-corrected chi connectivity index (χ0v) is 9.13. The molecule has 0 spiro atoms. The first-order chi connectivity index (χ1) is 6.97. The Labute approximate surface area is 90.5 Å². The highest BCUT2D eigenvalue weighted by atomic mass is 32.2. The molecule has 0 aromatic carbocycles. The maximum absolute atomic E-state index is 12.4. The highest BCUT2D eigenvalue weighted by Crippen LogP contribution is 2.32. The zero-order valence-electron chi connectivity index (χ0n) is 8.31. The Bertz CT molecular complexity index is 286. The maximum Gasteiger partial charge on any atom is 0.450 e. The lowest BCUT2D eigenvalue weighted by Gasteiger charge is -2.13. The first-order valence-corrected chi connectivity index (χ1v) is 5.27. The minimum atomic E-state index is -4.56. The molecule has 0 aliphatic rings. The number of ether oxygens (including phenoxy) is 1. The molecule has 15 heavy (non-hydrogen) atoms. The molecular weight excluding hydrogens is 229 g/mol. The molecule has 0 aliphatic heterocycles. The lowest BCUT2D eigenvalue weighted by molar-refractivity contribution is -0.130. The smallest absolute Gasteiger partial charge is 0.450 e. The van der Waals surface area contributed by atoms with Crippen molar-refractivity contribution in [3.05, 3.63) is 10.7 Å². The topological polar surface area (TPSA) is 29.5 Å². The summed E-state index contributed by atoms with van der Waals surface area (Å²) in [5.41, 5.74) is 0. The third kappa shape index (κ3) is 5.00. The van der Waals surface area contributed by atoms with Gasteiger partial charge in [-0.25, -0.2) is 0 Å². The van der Waals surface area contributed by atoms with Gasteiger partial charge in [0.15, 0.2) is 0 Å². The number of rotatable bonds is 3. The van der Waals surface area contributed by atoms with Crippen LogP contribution in [0.15, 0.2) is 10.7 Å². The summed E-state index contributed by atoms with van der Waals surface area (Å²) >= 11 is 0.835. The summed E-state index contributed by atoms with van der Waals surface area (Å²) in [6.07, 6.45) is -3.09. The summed E-state index contributed by atoms with van der Waals surface area (Å²) in [5, 5.41) is 8.40. The minimum absolute atomic E-state index is 0.0836. The molecule has 0 bridgehead atoms. The summed E-state index contributed by atoms with van der Waals surface area (Å²) in [6.45, 7) is 0.893. The number of allylic oxidation sites excluding steroid dienone is 2. The van der Waals surface area contributed by atoms with E-state index in [4.69, 9.17) is 5.11 Å². The van der Waals surface area contributed by atoms with Crippen LogP contribution in [0.5, 0.6) is 0 Å². The van der Waals surface area contributed by atoms with Crippen LogP contribution in [0.4, 0.5) is 13.2 Å². The second kappa shape index (κ2) is 6.64. The van der Waals surface area contributed by atoms with Gasteiger partial charge in [-0.15, -0.1) is 11.8 Å². The Balaban J connectivity index is 5.18. The molecule has 6 heteroatoms. The fourth-order valence-corrected chi connectivity index (χ4v) is 1.28. The van der Waals surface area contributed by atoms with E-state index in [9.17, 15) is 13.2 Å². The van der Waals surface area contributed by atoms with Crippen LogP contribution < -0.4 is 0 Å². The lowest BCUT2D eigenvalue weighted by Crippen LogP contribution is -2.16. The van der Waals surface area contributed by atoms with Crippen molar-refractivity contribution >= 4 is 11.8 Å². The van der Waals surface area contributed by atoms with E-state index in [2.05, 4.69) is 16.6 Å². The summed E-state index contributed by atoms with van der Waals surface area (Å²) < 4.78 is 41.8. The molecule has 0 saturated heterocycles. The number of alkyl halides is 3. The number of hydrogen-bond donors (Lipinski definition) is 1. The second-order valence-corrected chi connectivity index (χ2v) is 3.07. The van der Waals surface area contributed by atoms with Gasteiger partial charge >= 0.3 is 6.18 Å². The molecule has 0 aromatic heterocycles. The molecular formula is C9H11F3O2S. The van der Waals surface area contributed by atoms with Crippen LogP contribution >= 0.6 is 11.8 Å². The van der Waals surface area contributed by atoms with Crippen LogP contribution in [0, 0.1) is 11.8 Å². The van der Waals surface area contributed by atoms with Crippen LogP contribution in [0.25, 0.3) is 0 Å². The van der Waals surface area contributed by atoms with Crippen molar-refractivity contribution in [2.45, 2.75) is 13.1 Å². The molecule has 0 aromatic rings. The maximum atomic E-state index is 12.4. The highest BCUT2D eigenvalue weighted by molar-refractivity contribution is 8.02. The Morgan fingerprint density at radius 2 is 2.07 bits per heavy atom. The van der Waals surface area contributed by atoms with Gasteiger partial charge in [-0.3, -0.25) is 0 Å². The molecule has 0 radical (unpaired) electrons. The van der Waals surface area contributed by atoms with Crippen molar-refractivity contribution in [2.75, 3.05) is 19.5 Å². The Morgan fingerprint density at radius 1 is 1.47 bits per heavy atom. The van der Waals surface area contributed by atoms with Crippen molar-refractivity contribution in [3.8, 4) is 11.8 Å².